The van der Waals surface area contributed by atoms with E-state index in [0.717, 1.165) is 6.54 Å². The first-order valence-corrected chi connectivity index (χ1v) is 6.20. The molecule has 1 aliphatic carbocycles. The van der Waals surface area contributed by atoms with E-state index in [1.165, 1.54) is 38.2 Å². The van der Waals surface area contributed by atoms with Gasteiger partial charge < -0.3 is 10.4 Å². The topological polar surface area (TPSA) is 62.2 Å². The number of carboxylic acid groups (broad SMARTS) is 1. The summed E-state index contributed by atoms with van der Waals surface area (Å²) in [5.41, 5.74) is 0.0960. The number of hydrogen-bond acceptors (Lipinski definition) is 3. The van der Waals surface area contributed by atoms with Crippen molar-refractivity contribution in [2.24, 2.45) is 5.92 Å². The normalized spacial score (nSPS) is 16.7. The van der Waals surface area contributed by atoms with E-state index in [0.29, 0.717) is 11.7 Å². The van der Waals surface area contributed by atoms with Crippen LogP contribution in [0.5, 0.6) is 0 Å². The fraction of sp³-hybridized carbons (Fsp3) is 0.538. The minimum absolute atomic E-state index is 0.0960. The third kappa shape index (κ3) is 3.44. The minimum Gasteiger partial charge on any atom is -0.477 e. The number of rotatable bonds is 4. The SMILES string of the molecule is O=C(O)c1cccc(NCC2CCCCC2)n1. The smallest absolute Gasteiger partial charge is 0.354 e. The van der Waals surface area contributed by atoms with Gasteiger partial charge in [-0.2, -0.15) is 0 Å². The Labute approximate surface area is 101 Å². The number of anilines is 1. The fourth-order valence-corrected chi connectivity index (χ4v) is 2.29. The van der Waals surface area contributed by atoms with Gasteiger partial charge in [-0.05, 0) is 30.9 Å². The first-order chi connectivity index (χ1) is 8.25. The molecule has 0 aliphatic heterocycles. The molecule has 0 radical (unpaired) electrons. The Morgan fingerprint density at radius 3 is 2.82 bits per heavy atom. The van der Waals surface area contributed by atoms with Crippen molar-refractivity contribution >= 4 is 11.8 Å². The summed E-state index contributed by atoms with van der Waals surface area (Å²) in [4.78, 5) is 14.8. The molecule has 0 saturated heterocycles. The third-order valence-electron chi connectivity index (χ3n) is 3.26. The van der Waals surface area contributed by atoms with Gasteiger partial charge in [0.1, 0.15) is 5.82 Å². The average Bonchev–Trinajstić information content (AvgIpc) is 2.38. The average molecular weight is 234 g/mol. The highest BCUT2D eigenvalue weighted by Gasteiger charge is 2.13. The van der Waals surface area contributed by atoms with E-state index in [1.54, 1.807) is 6.07 Å². The number of nitrogens with one attached hydrogen (secondary N) is 1. The summed E-state index contributed by atoms with van der Waals surface area (Å²) >= 11 is 0. The Kier molecular flexibility index (Phi) is 3.96. The van der Waals surface area contributed by atoms with Gasteiger partial charge in [0.05, 0.1) is 0 Å². The molecular formula is C13H18N2O2. The molecule has 2 N–H and O–H groups in total. The number of hydrogen-bond donors (Lipinski definition) is 2. The summed E-state index contributed by atoms with van der Waals surface area (Å²) in [6.07, 6.45) is 6.52. The largest absolute Gasteiger partial charge is 0.477 e. The molecule has 0 amide bonds. The molecule has 4 heteroatoms. The number of nitrogens with zero attached hydrogens (tertiary/aromatic N) is 1. The molecule has 0 aromatic carbocycles. The zero-order valence-electron chi connectivity index (χ0n) is 9.85. The monoisotopic (exact) mass is 234 g/mol. The van der Waals surface area contributed by atoms with Crippen molar-refractivity contribution in [3.63, 3.8) is 0 Å². The Balaban J connectivity index is 1.89. The number of aromatic carboxylic acids is 1. The molecule has 1 aromatic rings. The van der Waals surface area contributed by atoms with Crippen LogP contribution in [0.15, 0.2) is 18.2 Å². The van der Waals surface area contributed by atoms with E-state index in [9.17, 15) is 4.79 Å². The maximum Gasteiger partial charge on any atom is 0.354 e. The summed E-state index contributed by atoms with van der Waals surface area (Å²) in [6.45, 7) is 0.899. The van der Waals surface area contributed by atoms with E-state index in [4.69, 9.17) is 5.11 Å². The zero-order chi connectivity index (χ0) is 12.1. The molecule has 0 unspecified atom stereocenters. The quantitative estimate of drug-likeness (QED) is 0.840. The molecule has 2 rings (SSSR count). The molecule has 1 heterocycles. The summed E-state index contributed by atoms with van der Waals surface area (Å²) < 4.78 is 0. The van der Waals surface area contributed by atoms with Crippen molar-refractivity contribution in [2.45, 2.75) is 32.1 Å². The summed E-state index contributed by atoms with van der Waals surface area (Å²) in [5, 5.41) is 12.1. The third-order valence-corrected chi connectivity index (χ3v) is 3.26. The highest BCUT2D eigenvalue weighted by molar-refractivity contribution is 5.85. The van der Waals surface area contributed by atoms with Gasteiger partial charge in [-0.25, -0.2) is 9.78 Å². The molecule has 1 aromatic heterocycles. The molecule has 17 heavy (non-hydrogen) atoms. The first kappa shape index (κ1) is 11.9. The Morgan fingerprint density at radius 2 is 2.12 bits per heavy atom. The maximum absolute atomic E-state index is 10.8. The van der Waals surface area contributed by atoms with Crippen molar-refractivity contribution in [1.82, 2.24) is 4.98 Å². The number of pyridine rings is 1. The molecule has 92 valence electrons. The second kappa shape index (κ2) is 5.66. The highest BCUT2D eigenvalue weighted by Crippen LogP contribution is 2.23. The van der Waals surface area contributed by atoms with Crippen LogP contribution in [-0.4, -0.2) is 22.6 Å². The Hall–Kier alpha value is -1.58. The second-order valence-corrected chi connectivity index (χ2v) is 4.60. The first-order valence-electron chi connectivity index (χ1n) is 6.20. The number of carboxylic acids is 1. The zero-order valence-corrected chi connectivity index (χ0v) is 9.85. The summed E-state index contributed by atoms with van der Waals surface area (Å²) in [6, 6.07) is 5.04. The number of carbonyl (C=O) groups is 1. The second-order valence-electron chi connectivity index (χ2n) is 4.60. The Morgan fingerprint density at radius 1 is 1.35 bits per heavy atom. The van der Waals surface area contributed by atoms with Crippen LogP contribution in [0.4, 0.5) is 5.82 Å². The lowest BCUT2D eigenvalue weighted by Gasteiger charge is -2.21. The van der Waals surface area contributed by atoms with E-state index < -0.39 is 5.97 Å². The van der Waals surface area contributed by atoms with Crippen LogP contribution in [0.3, 0.4) is 0 Å². The van der Waals surface area contributed by atoms with E-state index in [-0.39, 0.29) is 5.69 Å². The van der Waals surface area contributed by atoms with Gasteiger partial charge in [-0.1, -0.05) is 25.3 Å². The lowest BCUT2D eigenvalue weighted by atomic mass is 9.89. The molecule has 0 spiro atoms. The standard InChI is InChI=1S/C13H18N2O2/c16-13(17)11-7-4-8-12(15-11)14-9-10-5-2-1-3-6-10/h4,7-8,10H,1-3,5-6,9H2,(H,14,15)(H,16,17). The van der Waals surface area contributed by atoms with Crippen LogP contribution in [0.2, 0.25) is 0 Å². The van der Waals surface area contributed by atoms with Gasteiger partial charge in [-0.15, -0.1) is 0 Å². The number of aromatic nitrogens is 1. The van der Waals surface area contributed by atoms with Crippen molar-refractivity contribution in [3.8, 4) is 0 Å². The minimum atomic E-state index is -0.980. The van der Waals surface area contributed by atoms with Gasteiger partial charge >= 0.3 is 5.97 Å². The molecule has 4 nitrogen and oxygen atoms in total. The van der Waals surface area contributed by atoms with E-state index in [2.05, 4.69) is 10.3 Å². The highest BCUT2D eigenvalue weighted by atomic mass is 16.4. The van der Waals surface area contributed by atoms with Gasteiger partial charge in [-0.3, -0.25) is 0 Å². The lowest BCUT2D eigenvalue weighted by Crippen LogP contribution is -2.18. The summed E-state index contributed by atoms with van der Waals surface area (Å²) in [7, 11) is 0. The Bertz CT molecular complexity index is 387. The van der Waals surface area contributed by atoms with Crippen LogP contribution >= 0.6 is 0 Å². The molecule has 0 atom stereocenters. The van der Waals surface area contributed by atoms with Gasteiger partial charge in [0, 0.05) is 6.54 Å². The molecular weight excluding hydrogens is 216 g/mol. The van der Waals surface area contributed by atoms with Crippen molar-refractivity contribution < 1.29 is 9.90 Å². The molecule has 0 bridgehead atoms. The van der Waals surface area contributed by atoms with Gasteiger partial charge in [0.2, 0.25) is 0 Å². The summed E-state index contributed by atoms with van der Waals surface area (Å²) in [5.74, 6) is 0.390. The van der Waals surface area contributed by atoms with Crippen LogP contribution in [0.25, 0.3) is 0 Å². The molecule has 1 aliphatic rings. The maximum atomic E-state index is 10.8. The van der Waals surface area contributed by atoms with Crippen LogP contribution < -0.4 is 5.32 Å². The van der Waals surface area contributed by atoms with Crippen molar-refractivity contribution in [1.29, 1.82) is 0 Å². The molecule has 1 fully saturated rings. The van der Waals surface area contributed by atoms with Crippen molar-refractivity contribution in [2.75, 3.05) is 11.9 Å². The van der Waals surface area contributed by atoms with E-state index >= 15 is 0 Å². The molecule has 1 saturated carbocycles. The predicted molar refractivity (Wildman–Crippen MR) is 66.3 cm³/mol. The predicted octanol–water partition coefficient (Wildman–Crippen LogP) is 2.77. The van der Waals surface area contributed by atoms with Crippen molar-refractivity contribution in [3.05, 3.63) is 23.9 Å². The van der Waals surface area contributed by atoms with Crippen LogP contribution in [0.1, 0.15) is 42.6 Å². The van der Waals surface area contributed by atoms with Gasteiger partial charge in [0.15, 0.2) is 5.69 Å². The van der Waals surface area contributed by atoms with E-state index in [1.807, 2.05) is 6.07 Å². The van der Waals surface area contributed by atoms with Crippen LogP contribution in [-0.2, 0) is 0 Å². The fourth-order valence-electron chi connectivity index (χ4n) is 2.29. The lowest BCUT2D eigenvalue weighted by molar-refractivity contribution is 0.0690. The van der Waals surface area contributed by atoms with Gasteiger partial charge in [0.25, 0.3) is 0 Å². The van der Waals surface area contributed by atoms with Crippen LogP contribution in [0, 0.1) is 5.92 Å².